The van der Waals surface area contributed by atoms with Crippen LogP contribution >= 0.6 is 0 Å². The van der Waals surface area contributed by atoms with Crippen LogP contribution in [-0.4, -0.2) is 57.8 Å². The Hall–Kier alpha value is -5.16. The number of benzene rings is 3. The van der Waals surface area contributed by atoms with Gasteiger partial charge < -0.3 is 20.4 Å². The lowest BCUT2D eigenvalue weighted by atomic mass is 9.77. The highest BCUT2D eigenvalue weighted by atomic mass is 16.4. The van der Waals surface area contributed by atoms with Gasteiger partial charge in [-0.25, -0.2) is 14.3 Å². The molecule has 0 radical (unpaired) electrons. The third-order valence-corrected chi connectivity index (χ3v) is 6.97. The van der Waals surface area contributed by atoms with Crippen molar-refractivity contribution in [2.75, 3.05) is 29.9 Å². The SMILES string of the molecule is O=C(O)N=C(NC(=O)O)N(CCCNC(c1ccccc1)(c1ccccc1)c1ccccc1)c1cnn2c1NCC2. The predicted octanol–water partition coefficient (Wildman–Crippen LogP) is 4.39. The molecule has 0 bridgehead atoms. The lowest BCUT2D eigenvalue weighted by molar-refractivity contribution is 0.200. The van der Waals surface area contributed by atoms with Gasteiger partial charge in [-0.05, 0) is 29.7 Å². The van der Waals surface area contributed by atoms with Crippen molar-refractivity contribution in [3.8, 4) is 0 Å². The van der Waals surface area contributed by atoms with Gasteiger partial charge in [-0.3, -0.25) is 10.6 Å². The van der Waals surface area contributed by atoms with Gasteiger partial charge in [-0.2, -0.15) is 5.10 Å². The molecule has 41 heavy (non-hydrogen) atoms. The molecule has 1 aromatic heterocycles. The summed E-state index contributed by atoms with van der Waals surface area (Å²) in [4.78, 5) is 28.2. The smallest absolute Gasteiger partial charge is 0.434 e. The normalized spacial score (nSPS) is 12.8. The van der Waals surface area contributed by atoms with Crippen molar-refractivity contribution in [2.45, 2.75) is 18.5 Å². The van der Waals surface area contributed by atoms with E-state index in [9.17, 15) is 19.8 Å². The Morgan fingerprint density at radius 3 is 2.00 bits per heavy atom. The van der Waals surface area contributed by atoms with Crippen LogP contribution in [0.4, 0.5) is 21.1 Å². The van der Waals surface area contributed by atoms with E-state index in [2.05, 4.69) is 62.4 Å². The minimum absolute atomic E-state index is 0.258. The van der Waals surface area contributed by atoms with E-state index in [1.807, 2.05) is 54.6 Å². The third kappa shape index (κ3) is 5.89. The summed E-state index contributed by atoms with van der Waals surface area (Å²) in [6.07, 6.45) is -0.831. The second-order valence-electron chi connectivity index (χ2n) is 9.46. The first-order valence-corrected chi connectivity index (χ1v) is 13.3. The van der Waals surface area contributed by atoms with Crippen molar-refractivity contribution >= 4 is 29.7 Å². The maximum Gasteiger partial charge on any atom is 0.434 e. The molecule has 1 aliphatic heterocycles. The van der Waals surface area contributed by atoms with Gasteiger partial charge in [0, 0.05) is 13.1 Å². The van der Waals surface area contributed by atoms with Crippen LogP contribution in [0.15, 0.2) is 102 Å². The highest BCUT2D eigenvalue weighted by molar-refractivity contribution is 6.08. The Labute approximate surface area is 237 Å². The highest BCUT2D eigenvalue weighted by Gasteiger charge is 2.35. The number of fused-ring (bicyclic) bond motifs is 1. The predicted molar refractivity (Wildman–Crippen MR) is 157 cm³/mol. The van der Waals surface area contributed by atoms with Gasteiger partial charge in [0.05, 0.1) is 18.3 Å². The van der Waals surface area contributed by atoms with E-state index < -0.39 is 17.7 Å². The zero-order chi connectivity index (χ0) is 28.7. The third-order valence-electron chi connectivity index (χ3n) is 6.97. The Morgan fingerprint density at radius 2 is 1.49 bits per heavy atom. The van der Waals surface area contributed by atoms with E-state index in [-0.39, 0.29) is 12.5 Å². The number of hydrogen-bond donors (Lipinski definition) is 5. The van der Waals surface area contributed by atoms with Crippen LogP contribution < -0.4 is 20.9 Å². The maximum atomic E-state index is 11.6. The Kier molecular flexibility index (Phi) is 8.26. The number of carboxylic acid groups (broad SMARTS) is 2. The lowest BCUT2D eigenvalue weighted by Gasteiger charge is -2.37. The van der Waals surface area contributed by atoms with Crippen molar-refractivity contribution in [1.82, 2.24) is 20.4 Å². The summed E-state index contributed by atoms with van der Waals surface area (Å²) in [5, 5.41) is 32.4. The fraction of sp³-hybridized carbons (Fsp3) is 0.200. The monoisotopic (exact) mass is 553 g/mol. The van der Waals surface area contributed by atoms with Gasteiger partial charge in [0.15, 0.2) is 0 Å². The van der Waals surface area contributed by atoms with Crippen LogP contribution in [0.5, 0.6) is 0 Å². The molecule has 0 atom stereocenters. The van der Waals surface area contributed by atoms with Crippen molar-refractivity contribution in [1.29, 1.82) is 0 Å². The van der Waals surface area contributed by atoms with E-state index in [4.69, 9.17) is 0 Å². The first-order valence-electron chi connectivity index (χ1n) is 13.3. The molecule has 4 aromatic rings. The fourth-order valence-corrected chi connectivity index (χ4v) is 5.27. The lowest BCUT2D eigenvalue weighted by Crippen LogP contribution is -2.47. The maximum absolute atomic E-state index is 11.6. The summed E-state index contributed by atoms with van der Waals surface area (Å²) in [6, 6.07) is 30.6. The van der Waals surface area contributed by atoms with Crippen LogP contribution in [0.2, 0.25) is 0 Å². The van der Waals surface area contributed by atoms with E-state index in [1.165, 1.54) is 4.90 Å². The molecule has 0 fully saturated rings. The van der Waals surface area contributed by atoms with Crippen LogP contribution in [-0.2, 0) is 12.1 Å². The molecule has 0 saturated heterocycles. The van der Waals surface area contributed by atoms with E-state index in [0.29, 0.717) is 37.6 Å². The number of nitrogens with zero attached hydrogens (tertiary/aromatic N) is 4. The molecule has 5 rings (SSSR count). The zero-order valence-electron chi connectivity index (χ0n) is 22.3. The average molecular weight is 554 g/mol. The van der Waals surface area contributed by atoms with Crippen molar-refractivity contribution in [3.63, 3.8) is 0 Å². The molecule has 11 heteroatoms. The molecule has 210 valence electrons. The first kappa shape index (κ1) is 27.4. The standard InChI is InChI=1S/C30H31N7O4/c38-28(39)34-27(35-29(40)41)36(25-21-33-37-20-18-31-26(25)37)19-10-17-32-30(22-11-4-1-5-12-22,23-13-6-2-7-14-23)24-15-8-3-9-16-24/h1-9,11-16,21,31-32H,10,17-20H2,(H,34,35)(H,38,39)(H,40,41). The summed E-state index contributed by atoms with van der Waals surface area (Å²) >= 11 is 0. The number of carbonyl (C=O) groups is 2. The summed E-state index contributed by atoms with van der Waals surface area (Å²) in [6.45, 7) is 2.07. The number of aliphatic imine (C=N–C) groups is 1. The minimum Gasteiger partial charge on any atom is -0.465 e. The molecule has 2 heterocycles. The highest BCUT2D eigenvalue weighted by Crippen LogP contribution is 2.37. The molecule has 5 N–H and O–H groups in total. The van der Waals surface area contributed by atoms with Gasteiger partial charge in [0.1, 0.15) is 11.5 Å². The average Bonchev–Trinajstić information content (AvgIpc) is 3.61. The summed E-state index contributed by atoms with van der Waals surface area (Å²) in [7, 11) is 0. The Balaban J connectivity index is 1.47. The molecular formula is C30H31N7O4. The second-order valence-corrected chi connectivity index (χ2v) is 9.46. The fourth-order valence-electron chi connectivity index (χ4n) is 5.27. The number of aromatic nitrogens is 2. The number of hydrogen-bond acceptors (Lipinski definition) is 5. The van der Waals surface area contributed by atoms with Gasteiger partial charge in [-0.15, -0.1) is 4.99 Å². The summed E-state index contributed by atoms with van der Waals surface area (Å²) < 4.78 is 1.75. The molecule has 0 aliphatic carbocycles. The Bertz CT molecular complexity index is 1410. The second kappa shape index (κ2) is 12.3. The summed E-state index contributed by atoms with van der Waals surface area (Å²) in [5.74, 6) is 0.366. The van der Waals surface area contributed by atoms with Crippen molar-refractivity contribution in [3.05, 3.63) is 114 Å². The molecule has 1 aliphatic rings. The minimum atomic E-state index is -1.51. The quantitative estimate of drug-likeness (QED) is 0.0889. The number of anilines is 2. The van der Waals surface area contributed by atoms with E-state index in [1.54, 1.807) is 10.9 Å². The number of nitrogens with one attached hydrogen (secondary N) is 3. The molecule has 0 unspecified atom stereocenters. The van der Waals surface area contributed by atoms with Crippen LogP contribution in [0, 0.1) is 0 Å². The largest absolute Gasteiger partial charge is 0.465 e. The molecule has 0 saturated carbocycles. The number of rotatable bonds is 9. The van der Waals surface area contributed by atoms with Crippen LogP contribution in [0.25, 0.3) is 0 Å². The van der Waals surface area contributed by atoms with E-state index >= 15 is 0 Å². The first-order chi connectivity index (χ1) is 20.0. The van der Waals surface area contributed by atoms with Gasteiger partial charge in [-0.1, -0.05) is 91.0 Å². The molecule has 11 nitrogen and oxygen atoms in total. The molecule has 0 spiro atoms. The zero-order valence-corrected chi connectivity index (χ0v) is 22.3. The number of guanidine groups is 1. The molecular weight excluding hydrogens is 522 g/mol. The van der Waals surface area contributed by atoms with Crippen LogP contribution in [0.3, 0.4) is 0 Å². The van der Waals surface area contributed by atoms with Crippen LogP contribution in [0.1, 0.15) is 23.1 Å². The van der Waals surface area contributed by atoms with Gasteiger partial charge >= 0.3 is 12.2 Å². The van der Waals surface area contributed by atoms with Crippen molar-refractivity contribution in [2.24, 2.45) is 4.99 Å². The van der Waals surface area contributed by atoms with E-state index in [0.717, 1.165) is 16.7 Å². The van der Waals surface area contributed by atoms with Gasteiger partial charge in [0.2, 0.25) is 5.96 Å². The molecule has 3 aromatic carbocycles. The topological polar surface area (TPSA) is 144 Å². The summed E-state index contributed by atoms with van der Waals surface area (Å²) in [5.41, 5.74) is 3.05. The van der Waals surface area contributed by atoms with Crippen molar-refractivity contribution < 1.29 is 19.8 Å². The number of amides is 2. The Morgan fingerprint density at radius 1 is 0.927 bits per heavy atom. The molecule has 2 amide bonds. The van der Waals surface area contributed by atoms with Gasteiger partial charge in [0.25, 0.3) is 0 Å².